The third kappa shape index (κ3) is 2.90. The molecule has 2 aliphatic rings. The molecule has 3 aromatic rings. The topological polar surface area (TPSA) is 113 Å². The van der Waals surface area contributed by atoms with Gasteiger partial charge in [-0.05, 0) is 43.2 Å². The highest BCUT2D eigenvalue weighted by Gasteiger charge is 2.74. The normalized spacial score (nSPS) is 28.8. The van der Waals surface area contributed by atoms with Crippen LogP contribution in [0.1, 0.15) is 41.4 Å². The van der Waals surface area contributed by atoms with E-state index in [2.05, 4.69) is 32.1 Å². The number of rotatable bonds is 4. The predicted molar refractivity (Wildman–Crippen MR) is 117 cm³/mol. The van der Waals surface area contributed by atoms with Crippen LogP contribution in [-0.4, -0.2) is 54.8 Å². The largest absolute Gasteiger partial charge is 0.389 e. The molecule has 0 amide bonds. The number of ketones is 1. The number of hydrogen-bond acceptors (Lipinski definition) is 8. The molecule has 9 heteroatoms. The van der Waals surface area contributed by atoms with Crippen molar-refractivity contribution in [3.8, 4) is 11.8 Å². The highest BCUT2D eigenvalue weighted by Crippen LogP contribution is 2.68. The van der Waals surface area contributed by atoms with Crippen LogP contribution in [0.15, 0.2) is 18.5 Å². The highest BCUT2D eigenvalue weighted by atomic mass is 32.1. The molecule has 3 aromatic heterocycles. The summed E-state index contributed by atoms with van der Waals surface area (Å²) < 4.78 is 1.77. The number of anilines is 1. The van der Waals surface area contributed by atoms with Gasteiger partial charge in [-0.15, -0.1) is 11.3 Å². The number of thiophene rings is 1. The maximum atomic E-state index is 12.5. The SMILES string of the molecule is CCC(=O)[C@@]12C[C@@H]1[C@@H](n1cnc3c(NC)nc(C#Cc4ccc(C)s4)nc31)C(O)[C@H]2O. The Bertz CT molecular complexity index is 1260. The van der Waals surface area contributed by atoms with Crippen LogP contribution in [0.5, 0.6) is 0 Å². The van der Waals surface area contributed by atoms with E-state index in [0.29, 0.717) is 35.6 Å². The Hall–Kier alpha value is -2.80. The molecule has 0 radical (unpaired) electrons. The number of aliphatic hydroxyl groups is 2. The van der Waals surface area contributed by atoms with Gasteiger partial charge in [-0.1, -0.05) is 6.92 Å². The van der Waals surface area contributed by atoms with Crippen LogP contribution in [-0.2, 0) is 4.79 Å². The summed E-state index contributed by atoms with van der Waals surface area (Å²) in [5.74, 6) is 6.84. The lowest BCUT2D eigenvalue weighted by atomic mass is 9.92. The lowest BCUT2D eigenvalue weighted by Crippen LogP contribution is -2.37. The van der Waals surface area contributed by atoms with Crippen molar-refractivity contribution in [3.63, 3.8) is 0 Å². The number of aliphatic hydroxyl groups excluding tert-OH is 2. The molecule has 5 rings (SSSR count). The van der Waals surface area contributed by atoms with Crippen molar-refractivity contribution in [1.29, 1.82) is 0 Å². The number of imidazole rings is 1. The van der Waals surface area contributed by atoms with E-state index in [9.17, 15) is 15.0 Å². The molecule has 0 saturated heterocycles. The van der Waals surface area contributed by atoms with Gasteiger partial charge in [0.1, 0.15) is 11.9 Å². The summed E-state index contributed by atoms with van der Waals surface area (Å²) in [6.45, 7) is 3.82. The minimum absolute atomic E-state index is 0.000641. The number of aromatic nitrogens is 4. The van der Waals surface area contributed by atoms with Crippen LogP contribution in [0.4, 0.5) is 5.82 Å². The molecular formula is C22H23N5O3S. The van der Waals surface area contributed by atoms with Gasteiger partial charge in [-0.3, -0.25) is 4.79 Å². The number of hydrogen-bond donors (Lipinski definition) is 3. The molecule has 8 nitrogen and oxygen atoms in total. The summed E-state index contributed by atoms with van der Waals surface area (Å²) in [6.07, 6.45) is 0.357. The first-order valence-corrected chi connectivity index (χ1v) is 11.1. The molecule has 3 heterocycles. The van der Waals surface area contributed by atoms with E-state index in [1.165, 1.54) is 4.88 Å². The zero-order chi connectivity index (χ0) is 21.9. The molecule has 31 heavy (non-hydrogen) atoms. The highest BCUT2D eigenvalue weighted by molar-refractivity contribution is 7.12. The van der Waals surface area contributed by atoms with Crippen molar-refractivity contribution in [2.45, 2.75) is 44.9 Å². The lowest BCUT2D eigenvalue weighted by Gasteiger charge is -2.23. The minimum atomic E-state index is -1.08. The van der Waals surface area contributed by atoms with Gasteiger partial charge in [0, 0.05) is 18.3 Å². The zero-order valence-electron chi connectivity index (χ0n) is 17.5. The van der Waals surface area contributed by atoms with Crippen LogP contribution in [0.2, 0.25) is 0 Å². The van der Waals surface area contributed by atoms with Crippen molar-refractivity contribution in [1.82, 2.24) is 19.5 Å². The molecule has 2 saturated carbocycles. The monoisotopic (exact) mass is 437 g/mol. The van der Waals surface area contributed by atoms with Crippen LogP contribution < -0.4 is 5.32 Å². The van der Waals surface area contributed by atoms with Crippen LogP contribution in [0.3, 0.4) is 0 Å². The Balaban J connectivity index is 1.58. The Morgan fingerprint density at radius 3 is 2.84 bits per heavy atom. The van der Waals surface area contributed by atoms with Gasteiger partial charge in [0.2, 0.25) is 5.82 Å². The number of nitrogens with zero attached hydrogens (tertiary/aromatic N) is 4. The maximum absolute atomic E-state index is 12.5. The molecule has 0 bridgehead atoms. The first kappa shape index (κ1) is 20.1. The molecule has 5 atom stereocenters. The molecule has 3 N–H and O–H groups in total. The van der Waals surface area contributed by atoms with Gasteiger partial charge >= 0.3 is 0 Å². The third-order valence-corrected chi connectivity index (χ3v) is 7.45. The molecule has 2 fully saturated rings. The number of fused-ring (bicyclic) bond motifs is 2. The van der Waals surface area contributed by atoms with E-state index >= 15 is 0 Å². The van der Waals surface area contributed by atoms with Crippen LogP contribution >= 0.6 is 11.3 Å². The fourth-order valence-corrected chi connectivity index (χ4v) is 5.68. The van der Waals surface area contributed by atoms with Gasteiger partial charge in [0.15, 0.2) is 17.0 Å². The van der Waals surface area contributed by atoms with Gasteiger partial charge in [0.05, 0.1) is 28.8 Å². The Labute approximate surface area is 183 Å². The molecule has 0 spiro atoms. The van der Waals surface area contributed by atoms with E-state index in [4.69, 9.17) is 0 Å². The molecular weight excluding hydrogens is 414 g/mol. The van der Waals surface area contributed by atoms with E-state index in [-0.39, 0.29) is 11.7 Å². The summed E-state index contributed by atoms with van der Waals surface area (Å²) in [5, 5.41) is 24.5. The van der Waals surface area contributed by atoms with Crippen LogP contribution in [0, 0.1) is 30.1 Å². The average molecular weight is 438 g/mol. The summed E-state index contributed by atoms with van der Waals surface area (Å²) in [7, 11) is 1.75. The summed E-state index contributed by atoms with van der Waals surface area (Å²) in [6, 6.07) is 3.50. The molecule has 160 valence electrons. The van der Waals surface area contributed by atoms with E-state index in [1.54, 1.807) is 36.2 Å². The average Bonchev–Trinajstić information content (AvgIpc) is 3.02. The standard InChI is InChI=1S/C22H23N5O3S/c1-4-14(28)22-9-13(22)17(18(29)19(22)30)27-10-24-16-20(23-3)25-15(26-21(16)27)8-7-12-6-5-11(2)31-12/h5-6,10,13,17-19,29-30H,4,9H2,1-3H3,(H,23,25,26)/t13-,17-,18?,19-,22-/m1/s1. The third-order valence-electron chi connectivity index (χ3n) is 6.53. The van der Waals surface area contributed by atoms with Crippen molar-refractivity contribution in [3.05, 3.63) is 34.0 Å². The number of nitrogens with one attached hydrogen (secondary N) is 1. The number of carbonyl (C=O) groups excluding carboxylic acids is 1. The van der Waals surface area contributed by atoms with Crippen LogP contribution in [0.25, 0.3) is 11.2 Å². The summed E-state index contributed by atoms with van der Waals surface area (Å²) >= 11 is 1.60. The van der Waals surface area contributed by atoms with Crippen molar-refractivity contribution >= 4 is 34.1 Å². The fourth-order valence-electron chi connectivity index (χ4n) is 4.96. The van der Waals surface area contributed by atoms with Crippen molar-refractivity contribution < 1.29 is 15.0 Å². The Kier molecular flexibility index (Phi) is 4.62. The van der Waals surface area contributed by atoms with Crippen molar-refractivity contribution in [2.24, 2.45) is 11.3 Å². The Morgan fingerprint density at radius 1 is 1.35 bits per heavy atom. The number of Topliss-reactive ketones (excluding diaryl/α,β-unsaturated/α-hetero) is 1. The smallest absolute Gasteiger partial charge is 0.209 e. The lowest BCUT2D eigenvalue weighted by molar-refractivity contribution is -0.130. The second kappa shape index (κ2) is 7.12. The first-order chi connectivity index (χ1) is 14.9. The van der Waals surface area contributed by atoms with Gasteiger partial charge in [0.25, 0.3) is 0 Å². The first-order valence-electron chi connectivity index (χ1n) is 10.3. The number of aryl methyl sites for hydroxylation is 1. The maximum Gasteiger partial charge on any atom is 0.209 e. The van der Waals surface area contributed by atoms with Gasteiger partial charge in [-0.25, -0.2) is 15.0 Å². The fraction of sp³-hybridized carbons (Fsp3) is 0.455. The zero-order valence-corrected chi connectivity index (χ0v) is 18.3. The quantitative estimate of drug-likeness (QED) is 0.534. The van der Waals surface area contributed by atoms with Gasteiger partial charge < -0.3 is 20.1 Å². The molecule has 0 aromatic carbocycles. The molecule has 2 aliphatic carbocycles. The minimum Gasteiger partial charge on any atom is -0.389 e. The van der Waals surface area contributed by atoms with E-state index < -0.39 is 23.7 Å². The van der Waals surface area contributed by atoms with Gasteiger partial charge in [-0.2, -0.15) is 0 Å². The second-order valence-electron chi connectivity index (χ2n) is 8.18. The molecule has 1 unspecified atom stereocenters. The molecule has 0 aliphatic heterocycles. The van der Waals surface area contributed by atoms with E-state index in [1.807, 2.05) is 19.1 Å². The van der Waals surface area contributed by atoms with Crippen molar-refractivity contribution in [2.75, 3.05) is 12.4 Å². The number of carbonyl (C=O) groups is 1. The second-order valence-corrected chi connectivity index (χ2v) is 9.47. The predicted octanol–water partition coefficient (Wildman–Crippen LogP) is 1.90. The Morgan fingerprint density at radius 2 is 2.16 bits per heavy atom. The summed E-state index contributed by atoms with van der Waals surface area (Å²) in [4.78, 5) is 28.2. The summed E-state index contributed by atoms with van der Waals surface area (Å²) in [5.41, 5.74) is 0.226. The van der Waals surface area contributed by atoms with E-state index in [0.717, 1.165) is 4.88 Å².